The van der Waals surface area contributed by atoms with Gasteiger partial charge in [-0.15, -0.1) is 0 Å². The Bertz CT molecular complexity index is 1050. The summed E-state index contributed by atoms with van der Waals surface area (Å²) in [5.41, 5.74) is 6.84. The molecule has 0 aliphatic rings. The fourth-order valence-corrected chi connectivity index (χ4v) is 3.81. The van der Waals surface area contributed by atoms with Gasteiger partial charge in [-0.25, -0.2) is 8.42 Å². The molecule has 0 fully saturated rings. The lowest BCUT2D eigenvalue weighted by molar-refractivity contribution is 0.0977. The molecule has 2 aromatic carbocycles. The van der Waals surface area contributed by atoms with Crippen molar-refractivity contribution in [2.45, 2.75) is 31.1 Å². The Morgan fingerprint density at radius 3 is 2.42 bits per heavy atom. The fourth-order valence-electron chi connectivity index (χ4n) is 2.72. The molecule has 136 valence electrons. The van der Waals surface area contributed by atoms with Crippen LogP contribution in [0.5, 0.6) is 0 Å². The maximum Gasteiger partial charge on any atom is 0.286 e. The number of primary amides is 1. The van der Waals surface area contributed by atoms with Crippen LogP contribution < -0.4 is 10.5 Å². The maximum absolute atomic E-state index is 12.8. The number of hydrogen-bond donors (Lipinski definition) is 2. The van der Waals surface area contributed by atoms with E-state index in [0.717, 1.165) is 12.0 Å². The van der Waals surface area contributed by atoms with Gasteiger partial charge in [-0.2, -0.15) is 0 Å². The first-order valence-electron chi connectivity index (χ1n) is 8.27. The van der Waals surface area contributed by atoms with Gasteiger partial charge >= 0.3 is 0 Å². The first-order chi connectivity index (χ1) is 12.3. The number of nitrogens with two attached hydrogens (primary N) is 1. The van der Waals surface area contributed by atoms with Crippen LogP contribution in [0.25, 0.3) is 11.0 Å². The number of nitrogens with one attached hydrogen (secondary N) is 1. The lowest BCUT2D eigenvalue weighted by Gasteiger charge is -2.11. The first kappa shape index (κ1) is 18.0. The summed E-state index contributed by atoms with van der Waals surface area (Å²) in [4.78, 5) is 11.8. The molecule has 0 radical (unpaired) electrons. The van der Waals surface area contributed by atoms with Crippen LogP contribution in [0.3, 0.4) is 0 Å². The summed E-state index contributed by atoms with van der Waals surface area (Å²) in [5.74, 6) is -0.712. The number of furan rings is 1. The molecule has 1 atom stereocenters. The summed E-state index contributed by atoms with van der Waals surface area (Å²) in [5, 5.41) is 0.473. The van der Waals surface area contributed by atoms with Crippen LogP contribution in [-0.4, -0.2) is 14.3 Å². The van der Waals surface area contributed by atoms with Crippen LogP contribution in [-0.2, 0) is 10.0 Å². The number of hydrogen-bond acceptors (Lipinski definition) is 4. The van der Waals surface area contributed by atoms with Gasteiger partial charge in [-0.1, -0.05) is 38.1 Å². The molecule has 0 spiro atoms. The van der Waals surface area contributed by atoms with Crippen molar-refractivity contribution in [2.75, 3.05) is 4.72 Å². The molecule has 0 aliphatic carbocycles. The van der Waals surface area contributed by atoms with Gasteiger partial charge in [0.1, 0.15) is 11.3 Å². The van der Waals surface area contributed by atoms with Crippen molar-refractivity contribution >= 4 is 32.6 Å². The number of carbonyl (C=O) groups is 1. The van der Waals surface area contributed by atoms with E-state index in [2.05, 4.69) is 18.6 Å². The molecule has 3 N–H and O–H groups in total. The molecule has 6 nitrogen and oxygen atoms in total. The topological polar surface area (TPSA) is 102 Å². The van der Waals surface area contributed by atoms with Gasteiger partial charge in [0.05, 0.1) is 4.90 Å². The number of sulfonamides is 1. The summed E-state index contributed by atoms with van der Waals surface area (Å²) >= 11 is 0. The Morgan fingerprint density at radius 2 is 1.81 bits per heavy atom. The van der Waals surface area contributed by atoms with E-state index in [-0.39, 0.29) is 16.3 Å². The van der Waals surface area contributed by atoms with Gasteiger partial charge < -0.3 is 10.2 Å². The Kier molecular flexibility index (Phi) is 4.73. The summed E-state index contributed by atoms with van der Waals surface area (Å²) in [6.45, 7) is 4.16. The van der Waals surface area contributed by atoms with Crippen molar-refractivity contribution in [3.63, 3.8) is 0 Å². The molecule has 0 saturated heterocycles. The standard InChI is InChI=1S/C19H20N2O4S/c1-3-12(2)13-8-10-14(11-9-13)26(23,24)21-17-15-6-4-5-7-16(15)25-18(17)19(20)22/h4-12,21H,3H2,1-2H3,(H2,20,22)/t12-/m1/s1. The van der Waals surface area contributed by atoms with E-state index >= 15 is 0 Å². The Hall–Kier alpha value is -2.80. The lowest BCUT2D eigenvalue weighted by atomic mass is 9.99. The largest absolute Gasteiger partial charge is 0.449 e. The molecule has 26 heavy (non-hydrogen) atoms. The van der Waals surface area contributed by atoms with Crippen molar-refractivity contribution in [1.82, 2.24) is 0 Å². The third-order valence-electron chi connectivity index (χ3n) is 4.43. The minimum Gasteiger partial charge on any atom is -0.449 e. The van der Waals surface area contributed by atoms with E-state index in [0.29, 0.717) is 16.9 Å². The molecule has 1 amide bonds. The smallest absolute Gasteiger partial charge is 0.286 e. The summed E-state index contributed by atoms with van der Waals surface area (Å²) in [7, 11) is -3.90. The van der Waals surface area contributed by atoms with Gasteiger partial charge in [-0.05, 0) is 42.2 Å². The van der Waals surface area contributed by atoms with Crippen LogP contribution in [0.1, 0.15) is 42.3 Å². The first-order valence-corrected chi connectivity index (χ1v) is 9.76. The number of fused-ring (bicyclic) bond motifs is 1. The number of carbonyl (C=O) groups excluding carboxylic acids is 1. The Labute approximate surface area is 152 Å². The zero-order chi connectivity index (χ0) is 18.9. The van der Waals surface area contributed by atoms with Crippen molar-refractivity contribution < 1.29 is 17.6 Å². The maximum atomic E-state index is 12.8. The predicted molar refractivity (Wildman–Crippen MR) is 101 cm³/mol. The number of benzene rings is 2. The van der Waals surface area contributed by atoms with Crippen LogP contribution in [0.2, 0.25) is 0 Å². The third kappa shape index (κ3) is 3.30. The minimum atomic E-state index is -3.90. The Balaban J connectivity index is 2.01. The third-order valence-corrected chi connectivity index (χ3v) is 5.79. The summed E-state index contributed by atoms with van der Waals surface area (Å²) in [6, 6.07) is 13.4. The number of amides is 1. The number of anilines is 1. The van der Waals surface area contributed by atoms with Crippen molar-refractivity contribution in [1.29, 1.82) is 0 Å². The molecule has 1 aromatic heterocycles. The number of para-hydroxylation sites is 1. The van der Waals surface area contributed by atoms with Crippen molar-refractivity contribution in [3.05, 3.63) is 59.9 Å². The SMILES string of the molecule is CC[C@@H](C)c1ccc(S(=O)(=O)Nc2c(C(N)=O)oc3ccccc23)cc1. The second-order valence-corrected chi connectivity index (χ2v) is 7.83. The van der Waals surface area contributed by atoms with Crippen LogP contribution in [0.15, 0.2) is 57.8 Å². The quantitative estimate of drug-likeness (QED) is 0.686. The van der Waals surface area contributed by atoms with Gasteiger partial charge in [0.25, 0.3) is 15.9 Å². The predicted octanol–water partition coefficient (Wildman–Crippen LogP) is 3.85. The van der Waals surface area contributed by atoms with E-state index in [9.17, 15) is 13.2 Å². The molecule has 0 bridgehead atoms. The average Bonchev–Trinajstić information content (AvgIpc) is 2.99. The van der Waals surface area contributed by atoms with Crippen LogP contribution in [0, 0.1) is 0 Å². The highest BCUT2D eigenvalue weighted by molar-refractivity contribution is 7.92. The molecule has 3 aromatic rings. The molecule has 0 aliphatic heterocycles. The number of rotatable bonds is 6. The highest BCUT2D eigenvalue weighted by Gasteiger charge is 2.24. The molecule has 3 rings (SSSR count). The Morgan fingerprint density at radius 1 is 1.15 bits per heavy atom. The second-order valence-electron chi connectivity index (χ2n) is 6.15. The monoisotopic (exact) mass is 372 g/mol. The second kappa shape index (κ2) is 6.84. The average molecular weight is 372 g/mol. The van der Waals surface area contributed by atoms with Gasteiger partial charge in [-0.3, -0.25) is 9.52 Å². The van der Waals surface area contributed by atoms with Gasteiger partial charge in [0.15, 0.2) is 0 Å². The zero-order valence-corrected chi connectivity index (χ0v) is 15.3. The van der Waals surface area contributed by atoms with Crippen molar-refractivity contribution in [3.8, 4) is 0 Å². The molecule has 7 heteroatoms. The normalized spacial score (nSPS) is 12.8. The fraction of sp³-hybridized carbons (Fsp3) is 0.211. The molecule has 0 saturated carbocycles. The zero-order valence-electron chi connectivity index (χ0n) is 14.5. The molecule has 1 heterocycles. The lowest BCUT2D eigenvalue weighted by Crippen LogP contribution is -2.17. The summed E-state index contributed by atoms with van der Waals surface area (Å²) in [6.07, 6.45) is 0.966. The highest BCUT2D eigenvalue weighted by Crippen LogP contribution is 2.32. The molecular weight excluding hydrogens is 352 g/mol. The highest BCUT2D eigenvalue weighted by atomic mass is 32.2. The van der Waals surface area contributed by atoms with E-state index in [1.807, 2.05) is 0 Å². The van der Waals surface area contributed by atoms with Crippen LogP contribution in [0.4, 0.5) is 5.69 Å². The van der Waals surface area contributed by atoms with Crippen LogP contribution >= 0.6 is 0 Å². The van der Waals surface area contributed by atoms with E-state index in [1.165, 1.54) is 0 Å². The van der Waals surface area contributed by atoms with E-state index in [1.54, 1.807) is 48.5 Å². The van der Waals surface area contributed by atoms with Gasteiger partial charge in [0.2, 0.25) is 5.76 Å². The minimum absolute atomic E-state index is 0.0547. The molecule has 0 unspecified atom stereocenters. The van der Waals surface area contributed by atoms with E-state index in [4.69, 9.17) is 10.2 Å². The van der Waals surface area contributed by atoms with E-state index < -0.39 is 15.9 Å². The molecular formula is C19H20N2O4S. The van der Waals surface area contributed by atoms with Crippen molar-refractivity contribution in [2.24, 2.45) is 5.73 Å². The summed E-state index contributed by atoms with van der Waals surface area (Å²) < 4.78 is 33.4. The van der Waals surface area contributed by atoms with Gasteiger partial charge in [0, 0.05) is 5.39 Å².